The van der Waals surface area contributed by atoms with E-state index in [2.05, 4.69) is 0 Å². The third-order valence-electron chi connectivity index (χ3n) is 4.20. The van der Waals surface area contributed by atoms with Gasteiger partial charge in [-0.2, -0.15) is 0 Å². The van der Waals surface area contributed by atoms with Crippen molar-refractivity contribution in [2.45, 2.75) is 26.1 Å². The van der Waals surface area contributed by atoms with Crippen LogP contribution in [0.15, 0.2) is 54.6 Å². The molecule has 0 aromatic heterocycles. The summed E-state index contributed by atoms with van der Waals surface area (Å²) < 4.78 is 5.76. The highest BCUT2D eigenvalue weighted by molar-refractivity contribution is 6.31. The Balaban J connectivity index is 1.97. The number of ether oxygens (including phenoxy) is 1. The van der Waals surface area contributed by atoms with E-state index in [0.717, 1.165) is 11.1 Å². The van der Waals surface area contributed by atoms with Crippen molar-refractivity contribution in [1.82, 2.24) is 4.90 Å². The molecule has 0 aliphatic carbocycles. The minimum absolute atomic E-state index is 0.0215. The van der Waals surface area contributed by atoms with Gasteiger partial charge >= 0.3 is 0 Å². The predicted molar refractivity (Wildman–Crippen MR) is 102 cm³/mol. The van der Waals surface area contributed by atoms with Crippen LogP contribution in [-0.2, 0) is 9.53 Å². The maximum atomic E-state index is 13.2. The second-order valence-electron chi connectivity index (χ2n) is 6.44. The maximum absolute atomic E-state index is 13.2. The summed E-state index contributed by atoms with van der Waals surface area (Å²) in [5.74, 6) is 0.0215. The van der Waals surface area contributed by atoms with Crippen LogP contribution in [0.4, 0.5) is 0 Å². The molecule has 1 fully saturated rings. The van der Waals surface area contributed by atoms with Gasteiger partial charge in [-0.3, -0.25) is 4.79 Å². The summed E-state index contributed by atoms with van der Waals surface area (Å²) >= 11 is 6.01. The van der Waals surface area contributed by atoms with Gasteiger partial charge in [-0.05, 0) is 43.2 Å². The maximum Gasteiger partial charge on any atom is 0.254 e. The quantitative estimate of drug-likeness (QED) is 0.598. The number of carbonyl (C=O) groups excluding carboxylic acids is 1. The molecule has 0 spiro atoms. The number of hydrogen-bond donors (Lipinski definition) is 0. The Hall–Kier alpha value is -2.10. The first-order chi connectivity index (χ1) is 12.0. The molecule has 3 nitrogen and oxygen atoms in total. The Morgan fingerprint density at radius 1 is 1.04 bits per heavy atom. The molecule has 0 radical (unpaired) electrons. The first-order valence-electron chi connectivity index (χ1n) is 8.50. The second-order valence-corrected chi connectivity index (χ2v) is 6.88. The Bertz CT molecular complexity index is 745. The number of benzene rings is 2. The molecule has 1 heterocycles. The fourth-order valence-corrected chi connectivity index (χ4v) is 3.25. The number of carbonyl (C=O) groups is 1. The molecule has 0 N–H and O–H groups in total. The van der Waals surface area contributed by atoms with Crippen LogP contribution in [0.3, 0.4) is 0 Å². The normalized spacial score (nSPS) is 21.2. The molecule has 3 rings (SSSR count). The zero-order valence-electron chi connectivity index (χ0n) is 14.5. The molecule has 2 aromatic rings. The minimum atomic E-state index is 0.0215. The van der Waals surface area contributed by atoms with Gasteiger partial charge in [-0.25, -0.2) is 0 Å². The van der Waals surface area contributed by atoms with E-state index >= 15 is 0 Å². The zero-order valence-corrected chi connectivity index (χ0v) is 15.2. The van der Waals surface area contributed by atoms with E-state index in [1.165, 1.54) is 0 Å². The molecular formula is C21H22ClNO2. The molecule has 1 saturated heterocycles. The summed E-state index contributed by atoms with van der Waals surface area (Å²) in [5, 5.41) is 0.656. The highest BCUT2D eigenvalue weighted by Crippen LogP contribution is 2.24. The lowest BCUT2D eigenvalue weighted by Gasteiger charge is -2.35. The highest BCUT2D eigenvalue weighted by atomic mass is 35.5. The van der Waals surface area contributed by atoms with Crippen molar-refractivity contribution in [3.05, 3.63) is 70.7 Å². The van der Waals surface area contributed by atoms with Gasteiger partial charge in [0.1, 0.15) is 0 Å². The van der Waals surface area contributed by atoms with Crippen molar-refractivity contribution in [2.75, 3.05) is 13.1 Å². The van der Waals surface area contributed by atoms with Crippen molar-refractivity contribution in [2.24, 2.45) is 0 Å². The van der Waals surface area contributed by atoms with E-state index in [-0.39, 0.29) is 18.1 Å². The van der Waals surface area contributed by atoms with Crippen LogP contribution in [0.1, 0.15) is 25.0 Å². The van der Waals surface area contributed by atoms with Gasteiger partial charge in [0.25, 0.3) is 5.91 Å². The van der Waals surface area contributed by atoms with Gasteiger partial charge in [-0.1, -0.05) is 54.1 Å². The van der Waals surface area contributed by atoms with E-state index in [1.54, 1.807) is 0 Å². The molecule has 0 bridgehead atoms. The van der Waals surface area contributed by atoms with Gasteiger partial charge in [0, 0.05) is 23.7 Å². The van der Waals surface area contributed by atoms with Gasteiger partial charge in [0.15, 0.2) is 0 Å². The number of halogens is 1. The van der Waals surface area contributed by atoms with Crippen molar-refractivity contribution in [3.63, 3.8) is 0 Å². The summed E-state index contributed by atoms with van der Waals surface area (Å²) in [7, 11) is 0. The van der Waals surface area contributed by atoms with Crippen LogP contribution in [0.2, 0.25) is 5.02 Å². The number of nitrogens with zero attached hydrogens (tertiary/aromatic N) is 1. The summed E-state index contributed by atoms with van der Waals surface area (Å²) in [6, 6.07) is 17.3. The topological polar surface area (TPSA) is 29.5 Å². The van der Waals surface area contributed by atoms with E-state index in [9.17, 15) is 4.79 Å². The molecule has 2 unspecified atom stereocenters. The van der Waals surface area contributed by atoms with Crippen molar-refractivity contribution >= 4 is 29.2 Å². The smallest absolute Gasteiger partial charge is 0.254 e. The largest absolute Gasteiger partial charge is 0.372 e. The fourth-order valence-electron chi connectivity index (χ4n) is 3.13. The third-order valence-corrected chi connectivity index (χ3v) is 4.46. The molecule has 4 heteroatoms. The van der Waals surface area contributed by atoms with Crippen LogP contribution in [0.25, 0.3) is 11.6 Å². The number of amides is 1. The van der Waals surface area contributed by atoms with Crippen LogP contribution in [-0.4, -0.2) is 36.1 Å². The first kappa shape index (κ1) is 17.7. The highest BCUT2D eigenvalue weighted by Gasteiger charge is 2.28. The van der Waals surface area contributed by atoms with Crippen molar-refractivity contribution in [3.8, 4) is 0 Å². The lowest BCUT2D eigenvalue weighted by molar-refractivity contribution is -0.136. The van der Waals surface area contributed by atoms with Gasteiger partial charge in [0.2, 0.25) is 0 Å². The Morgan fingerprint density at radius 3 is 2.24 bits per heavy atom. The molecule has 1 aliphatic heterocycles. The van der Waals surface area contributed by atoms with E-state index in [0.29, 0.717) is 23.7 Å². The molecule has 2 aromatic carbocycles. The molecular weight excluding hydrogens is 334 g/mol. The Labute approximate surface area is 153 Å². The summed E-state index contributed by atoms with van der Waals surface area (Å²) in [6.45, 7) is 5.20. The molecule has 1 amide bonds. The lowest BCUT2D eigenvalue weighted by atomic mass is 10.0. The van der Waals surface area contributed by atoms with Crippen LogP contribution in [0.5, 0.6) is 0 Å². The van der Waals surface area contributed by atoms with Gasteiger partial charge in [0.05, 0.1) is 12.2 Å². The van der Waals surface area contributed by atoms with E-state index in [1.807, 2.05) is 79.4 Å². The molecule has 1 aliphatic rings. The summed E-state index contributed by atoms with van der Waals surface area (Å²) in [5.41, 5.74) is 2.53. The third kappa shape index (κ3) is 4.50. The van der Waals surface area contributed by atoms with Crippen LogP contribution in [0, 0.1) is 0 Å². The minimum Gasteiger partial charge on any atom is -0.372 e. The molecule has 130 valence electrons. The second kappa shape index (κ2) is 7.85. The molecule has 2 atom stereocenters. The average Bonchev–Trinajstić information content (AvgIpc) is 2.60. The molecule has 0 saturated carbocycles. The van der Waals surface area contributed by atoms with Crippen molar-refractivity contribution in [1.29, 1.82) is 0 Å². The number of hydrogen-bond acceptors (Lipinski definition) is 2. The zero-order chi connectivity index (χ0) is 17.8. The first-order valence-corrected chi connectivity index (χ1v) is 8.88. The Morgan fingerprint density at radius 2 is 1.64 bits per heavy atom. The number of rotatable bonds is 3. The van der Waals surface area contributed by atoms with Gasteiger partial charge < -0.3 is 9.64 Å². The van der Waals surface area contributed by atoms with Crippen molar-refractivity contribution < 1.29 is 9.53 Å². The van der Waals surface area contributed by atoms with Gasteiger partial charge in [-0.15, -0.1) is 0 Å². The van der Waals surface area contributed by atoms with E-state index in [4.69, 9.17) is 16.3 Å². The Kier molecular flexibility index (Phi) is 5.57. The van der Waals surface area contributed by atoms with Crippen LogP contribution < -0.4 is 0 Å². The molecule has 25 heavy (non-hydrogen) atoms. The van der Waals surface area contributed by atoms with Crippen LogP contribution >= 0.6 is 11.6 Å². The van der Waals surface area contributed by atoms with E-state index < -0.39 is 0 Å². The summed E-state index contributed by atoms with van der Waals surface area (Å²) in [6.07, 6.45) is 2.02. The average molecular weight is 356 g/mol. The SMILES string of the molecule is CC1CN(C(=O)/C(=C/c2ccccc2)c2ccc(Cl)cc2)CC(C)O1. The lowest BCUT2D eigenvalue weighted by Crippen LogP contribution is -2.48. The standard InChI is InChI=1S/C21H22ClNO2/c1-15-13-23(14-16(2)25-15)21(24)20(12-17-6-4-3-5-7-17)18-8-10-19(22)11-9-18/h3-12,15-16H,13-14H2,1-2H3/b20-12+. The summed E-state index contributed by atoms with van der Waals surface area (Å²) in [4.78, 5) is 15.1. The fraction of sp³-hybridized carbons (Fsp3) is 0.286. The monoisotopic (exact) mass is 355 g/mol. The predicted octanol–water partition coefficient (Wildman–Crippen LogP) is 4.52. The number of morpholine rings is 1.